The third kappa shape index (κ3) is 3.80. The first-order valence-electron chi connectivity index (χ1n) is 15.6. The molecular formula is C34H54O4. The van der Waals surface area contributed by atoms with Crippen LogP contribution in [0, 0.1) is 56.7 Å². The molecule has 0 heterocycles. The summed E-state index contributed by atoms with van der Waals surface area (Å²) >= 11 is 0. The number of rotatable bonds is 4. The summed E-state index contributed by atoms with van der Waals surface area (Å²) in [7, 11) is 0. The van der Waals surface area contributed by atoms with Gasteiger partial charge in [-0.25, -0.2) is 0 Å². The molecule has 5 aliphatic rings. The normalized spacial score (nSPS) is 49.1. The fraction of sp³-hybridized carbons (Fsp3) is 0.882. The second-order valence-electron chi connectivity index (χ2n) is 15.8. The van der Waals surface area contributed by atoms with Crippen molar-refractivity contribution in [2.75, 3.05) is 6.61 Å². The van der Waals surface area contributed by atoms with Crippen LogP contribution in [0.5, 0.6) is 0 Å². The second kappa shape index (κ2) is 9.10. The third-order valence-corrected chi connectivity index (χ3v) is 14.0. The first-order chi connectivity index (χ1) is 17.6. The highest BCUT2D eigenvalue weighted by Crippen LogP contribution is 2.77. The highest BCUT2D eigenvalue weighted by Gasteiger charge is 2.71. The Kier molecular flexibility index (Phi) is 6.76. The lowest BCUT2D eigenvalue weighted by molar-refractivity contribution is -0.252. The molecule has 5 aliphatic carbocycles. The Morgan fingerprint density at radius 1 is 0.763 bits per heavy atom. The fourth-order valence-corrected chi connectivity index (χ4v) is 12.2. The summed E-state index contributed by atoms with van der Waals surface area (Å²) in [5.41, 5.74) is 2.30. The Labute approximate surface area is 232 Å². The van der Waals surface area contributed by atoms with Crippen LogP contribution in [-0.2, 0) is 19.1 Å². The summed E-state index contributed by atoms with van der Waals surface area (Å²) in [5, 5.41) is 0. The monoisotopic (exact) mass is 526 g/mol. The summed E-state index contributed by atoms with van der Waals surface area (Å²) < 4.78 is 11.7. The van der Waals surface area contributed by atoms with Crippen LogP contribution in [0.15, 0.2) is 12.2 Å². The van der Waals surface area contributed by atoms with Gasteiger partial charge in [0, 0.05) is 24.7 Å². The second-order valence-corrected chi connectivity index (χ2v) is 15.8. The summed E-state index contributed by atoms with van der Waals surface area (Å²) in [6.45, 7) is 23.1. The van der Waals surface area contributed by atoms with E-state index in [9.17, 15) is 9.59 Å². The van der Waals surface area contributed by atoms with E-state index in [-0.39, 0.29) is 39.7 Å². The Hall–Kier alpha value is -1.32. The minimum Gasteiger partial charge on any atom is -0.465 e. The maximum absolute atomic E-state index is 11.9. The van der Waals surface area contributed by atoms with Gasteiger partial charge in [-0.15, -0.1) is 0 Å². The van der Waals surface area contributed by atoms with Gasteiger partial charge in [-0.2, -0.15) is 0 Å². The summed E-state index contributed by atoms with van der Waals surface area (Å²) in [5.74, 6) is 2.76. The number of hydrogen-bond acceptors (Lipinski definition) is 4. The molecular weight excluding hydrogens is 472 g/mol. The van der Waals surface area contributed by atoms with E-state index >= 15 is 0 Å². The maximum atomic E-state index is 11.9. The predicted molar refractivity (Wildman–Crippen MR) is 151 cm³/mol. The van der Waals surface area contributed by atoms with E-state index in [0.29, 0.717) is 41.6 Å². The van der Waals surface area contributed by atoms with Crippen molar-refractivity contribution >= 4 is 11.9 Å². The summed E-state index contributed by atoms with van der Waals surface area (Å²) in [6, 6.07) is 0. The molecule has 214 valence electrons. The molecule has 0 aromatic carbocycles. The van der Waals surface area contributed by atoms with Gasteiger partial charge in [-0.1, -0.05) is 46.8 Å². The van der Waals surface area contributed by atoms with Gasteiger partial charge < -0.3 is 9.47 Å². The van der Waals surface area contributed by atoms with Gasteiger partial charge in [0.05, 0.1) is 6.61 Å². The third-order valence-electron chi connectivity index (χ3n) is 14.0. The highest BCUT2D eigenvalue weighted by molar-refractivity contribution is 5.66. The maximum Gasteiger partial charge on any atom is 0.302 e. The van der Waals surface area contributed by atoms with E-state index in [2.05, 4.69) is 48.1 Å². The van der Waals surface area contributed by atoms with Crippen molar-refractivity contribution in [3.05, 3.63) is 12.2 Å². The quantitative estimate of drug-likeness (QED) is 0.274. The summed E-state index contributed by atoms with van der Waals surface area (Å²) in [6.07, 6.45) is 12.0. The average Bonchev–Trinajstić information content (AvgIpc) is 3.20. The van der Waals surface area contributed by atoms with Crippen molar-refractivity contribution in [3.8, 4) is 0 Å². The van der Waals surface area contributed by atoms with Crippen molar-refractivity contribution in [2.24, 2.45) is 56.7 Å². The minimum absolute atomic E-state index is 0.00000109. The van der Waals surface area contributed by atoms with Crippen molar-refractivity contribution in [1.29, 1.82) is 0 Å². The van der Waals surface area contributed by atoms with E-state index < -0.39 is 0 Å². The van der Waals surface area contributed by atoms with Crippen LogP contribution in [0.3, 0.4) is 0 Å². The van der Waals surface area contributed by atoms with Crippen LogP contribution >= 0.6 is 0 Å². The molecule has 0 bridgehead atoms. The number of carbonyl (C=O) groups excluding carboxylic acids is 2. The molecule has 0 aromatic heterocycles. The van der Waals surface area contributed by atoms with Crippen molar-refractivity contribution < 1.29 is 19.1 Å². The molecule has 0 aromatic rings. The zero-order valence-electron chi connectivity index (χ0n) is 25.6. The number of hydrogen-bond donors (Lipinski definition) is 0. The molecule has 4 nitrogen and oxygen atoms in total. The lowest BCUT2D eigenvalue weighted by Gasteiger charge is -2.73. The number of carbonyl (C=O) groups is 2. The molecule has 5 fully saturated rings. The molecule has 0 radical (unpaired) electrons. The molecule has 38 heavy (non-hydrogen) atoms. The van der Waals surface area contributed by atoms with Gasteiger partial charge in [0.15, 0.2) is 0 Å². The van der Waals surface area contributed by atoms with Gasteiger partial charge in [-0.05, 0) is 117 Å². The molecule has 0 amide bonds. The predicted octanol–water partition coefficient (Wildman–Crippen LogP) is 8.14. The van der Waals surface area contributed by atoms with Crippen molar-refractivity contribution in [3.63, 3.8) is 0 Å². The highest BCUT2D eigenvalue weighted by atomic mass is 16.5. The number of fused-ring (bicyclic) bond motifs is 7. The Morgan fingerprint density at radius 2 is 1.47 bits per heavy atom. The Bertz CT molecular complexity index is 998. The number of esters is 2. The Balaban J connectivity index is 1.49. The number of allylic oxidation sites excluding steroid dienone is 1. The molecule has 5 saturated carbocycles. The van der Waals surface area contributed by atoms with E-state index in [1.165, 1.54) is 56.9 Å². The minimum atomic E-state index is -0.140. The van der Waals surface area contributed by atoms with Gasteiger partial charge in [0.25, 0.3) is 0 Å². The SMILES string of the molecule is C=C(C)[C@@H]1CC[C@]2(COC(C)=O)CC[C@]3(C)[C@@H](CC[C@@H]4[C@@]5(C)CC[C@H](OC(C)=O)C(C)(C)[C@@H]5CC[C@]43C)[C@@H]12. The largest absolute Gasteiger partial charge is 0.465 e. The smallest absolute Gasteiger partial charge is 0.302 e. The summed E-state index contributed by atoms with van der Waals surface area (Å²) in [4.78, 5) is 23.8. The van der Waals surface area contributed by atoms with Gasteiger partial charge >= 0.3 is 11.9 Å². The van der Waals surface area contributed by atoms with E-state index in [1.807, 2.05) is 0 Å². The standard InChI is InChI=1S/C34H54O4/c1-21(2)24-12-17-34(20-37-22(3)35)19-18-32(8)25(29(24)34)10-11-27-31(7)15-14-28(38-23(4)36)30(5,6)26(31)13-16-33(27,32)9/h24-29H,1,10-20H2,2-9H3/t24-,25-,26-,27+,28-,29+,31-,32+,33+,34+/m0/s1. The van der Waals surface area contributed by atoms with Crippen LogP contribution < -0.4 is 0 Å². The molecule has 0 N–H and O–H groups in total. The van der Waals surface area contributed by atoms with E-state index in [0.717, 1.165) is 12.8 Å². The van der Waals surface area contributed by atoms with Gasteiger partial charge in [0.2, 0.25) is 0 Å². The Morgan fingerprint density at radius 3 is 2.11 bits per heavy atom. The molecule has 0 spiro atoms. The first-order valence-corrected chi connectivity index (χ1v) is 15.6. The van der Waals surface area contributed by atoms with Crippen LogP contribution in [-0.4, -0.2) is 24.6 Å². The van der Waals surface area contributed by atoms with E-state index in [1.54, 1.807) is 13.8 Å². The van der Waals surface area contributed by atoms with Crippen LogP contribution in [0.2, 0.25) is 0 Å². The zero-order chi connectivity index (χ0) is 27.9. The van der Waals surface area contributed by atoms with E-state index in [4.69, 9.17) is 9.47 Å². The molecule has 5 rings (SSSR count). The topological polar surface area (TPSA) is 52.6 Å². The average molecular weight is 527 g/mol. The molecule has 0 aliphatic heterocycles. The lowest BCUT2D eigenvalue weighted by Crippen LogP contribution is -2.67. The van der Waals surface area contributed by atoms with Crippen molar-refractivity contribution in [1.82, 2.24) is 0 Å². The van der Waals surface area contributed by atoms with Gasteiger partial charge in [0.1, 0.15) is 6.10 Å². The molecule has 0 saturated heterocycles. The van der Waals surface area contributed by atoms with Gasteiger partial charge in [-0.3, -0.25) is 9.59 Å². The fourth-order valence-electron chi connectivity index (χ4n) is 12.2. The van der Waals surface area contributed by atoms with Crippen LogP contribution in [0.4, 0.5) is 0 Å². The van der Waals surface area contributed by atoms with Crippen LogP contribution in [0.25, 0.3) is 0 Å². The van der Waals surface area contributed by atoms with Crippen LogP contribution in [0.1, 0.15) is 120 Å². The zero-order valence-corrected chi connectivity index (χ0v) is 25.6. The lowest BCUT2D eigenvalue weighted by atomic mass is 9.32. The molecule has 10 atom stereocenters. The van der Waals surface area contributed by atoms with Crippen molar-refractivity contribution in [2.45, 2.75) is 126 Å². The molecule has 4 heteroatoms. The first kappa shape index (κ1) is 28.2. The number of ether oxygens (including phenoxy) is 2. The molecule has 0 unspecified atom stereocenters.